The topological polar surface area (TPSA) is 84.7 Å². The monoisotopic (exact) mass is 606 g/mol. The van der Waals surface area contributed by atoms with Crippen molar-refractivity contribution in [2.24, 2.45) is 0 Å². The molecule has 0 unspecified atom stereocenters. The Hall–Kier alpha value is -5.62. The van der Waals surface area contributed by atoms with E-state index in [1.807, 2.05) is 109 Å². The van der Waals surface area contributed by atoms with Crippen molar-refractivity contribution in [2.45, 2.75) is 38.9 Å². The van der Waals surface area contributed by atoms with Crippen molar-refractivity contribution in [3.05, 3.63) is 177 Å². The van der Waals surface area contributed by atoms with Crippen molar-refractivity contribution in [2.75, 3.05) is 0 Å². The van der Waals surface area contributed by atoms with Gasteiger partial charge in [-0.15, -0.1) is 0 Å². The first-order chi connectivity index (χ1) is 22.6. The normalized spacial score (nSPS) is 12.3. The predicted octanol–water partition coefficient (Wildman–Crippen LogP) is 7.72. The third-order valence-electron chi connectivity index (χ3n) is 8.47. The number of hydrogen-bond acceptors (Lipinski definition) is 6. The maximum Gasteiger partial charge on any atom is 0.130 e. The molecule has 4 aromatic carbocycles. The van der Waals surface area contributed by atoms with Crippen LogP contribution in [0.1, 0.15) is 55.9 Å². The zero-order valence-electron chi connectivity index (χ0n) is 25.4. The third-order valence-corrected chi connectivity index (χ3v) is 8.47. The summed E-state index contributed by atoms with van der Waals surface area (Å²) in [5.41, 5.74) is 8.67. The smallest absolute Gasteiger partial charge is 0.130 e. The summed E-state index contributed by atoms with van der Waals surface area (Å²) in [6.07, 6.45) is 5.40. The standard InChI is InChI=1S/C40H34N2O4/c43-37-27-9-5-11-29(37)23-33-15-8-16-34(40(33)46-26-36-18-2-4-20-42-36)24-30-12-6-10-28(38(30)44)22-32-14-7-13-31(21-27)39(32)45-25-35-17-1-3-19-41-35/h1-20,43-44H,21-26H2. The average molecular weight is 607 g/mol. The fraction of sp³-hybridized carbons (Fsp3) is 0.150. The lowest BCUT2D eigenvalue weighted by Crippen LogP contribution is -2.07. The molecular formula is C40H34N2O4. The van der Waals surface area contributed by atoms with E-state index in [9.17, 15) is 10.2 Å². The van der Waals surface area contributed by atoms with Crippen LogP contribution < -0.4 is 9.47 Å². The highest BCUT2D eigenvalue weighted by Gasteiger charge is 2.20. The number of benzene rings is 4. The molecule has 6 heteroatoms. The van der Waals surface area contributed by atoms with Crippen LogP contribution in [0.2, 0.25) is 0 Å². The first kappa shape index (κ1) is 29.1. The molecule has 1 aliphatic rings. The van der Waals surface area contributed by atoms with Gasteiger partial charge in [-0.25, -0.2) is 0 Å². The Morgan fingerprint density at radius 1 is 0.413 bits per heavy atom. The van der Waals surface area contributed by atoms with E-state index < -0.39 is 0 Å². The van der Waals surface area contributed by atoms with Crippen molar-refractivity contribution in [3.8, 4) is 23.0 Å². The van der Waals surface area contributed by atoms with Gasteiger partial charge in [-0.2, -0.15) is 0 Å². The highest BCUT2D eigenvalue weighted by Crippen LogP contribution is 2.38. The minimum absolute atomic E-state index is 0.264. The Labute approximate surface area is 268 Å². The van der Waals surface area contributed by atoms with E-state index >= 15 is 0 Å². The molecule has 2 N–H and O–H groups in total. The zero-order valence-corrected chi connectivity index (χ0v) is 25.4. The molecule has 8 bridgehead atoms. The fourth-order valence-electron chi connectivity index (χ4n) is 6.14. The molecule has 7 rings (SSSR count). The summed E-state index contributed by atoms with van der Waals surface area (Å²) in [5.74, 6) is 2.01. The number of rotatable bonds is 6. The maximum absolute atomic E-state index is 11.6. The van der Waals surface area contributed by atoms with Crippen molar-refractivity contribution in [1.82, 2.24) is 9.97 Å². The molecule has 46 heavy (non-hydrogen) atoms. The van der Waals surface area contributed by atoms with Crippen LogP contribution in [0.15, 0.2) is 122 Å². The molecule has 0 saturated heterocycles. The molecule has 0 saturated carbocycles. The summed E-state index contributed by atoms with van der Waals surface area (Å²) in [5, 5.41) is 23.3. The first-order valence-corrected chi connectivity index (χ1v) is 15.5. The van der Waals surface area contributed by atoms with Gasteiger partial charge in [0, 0.05) is 38.1 Å². The van der Waals surface area contributed by atoms with Gasteiger partial charge in [0.25, 0.3) is 0 Å². The minimum atomic E-state index is 0.264. The van der Waals surface area contributed by atoms with Crippen LogP contribution in [-0.2, 0) is 38.9 Å². The Kier molecular flexibility index (Phi) is 8.33. The second kappa shape index (κ2) is 13.2. The quantitative estimate of drug-likeness (QED) is 0.202. The van der Waals surface area contributed by atoms with Gasteiger partial charge in [0.15, 0.2) is 0 Å². The number of aromatic nitrogens is 2. The lowest BCUT2D eigenvalue weighted by Gasteiger charge is -2.20. The number of para-hydroxylation sites is 4. The molecule has 0 spiro atoms. The van der Waals surface area contributed by atoms with Crippen molar-refractivity contribution in [3.63, 3.8) is 0 Å². The van der Waals surface area contributed by atoms with E-state index in [1.54, 1.807) is 12.4 Å². The van der Waals surface area contributed by atoms with Gasteiger partial charge in [-0.3, -0.25) is 9.97 Å². The molecule has 1 aliphatic carbocycles. The van der Waals surface area contributed by atoms with Gasteiger partial charge in [0.05, 0.1) is 11.4 Å². The van der Waals surface area contributed by atoms with Crippen LogP contribution in [0.3, 0.4) is 0 Å². The van der Waals surface area contributed by atoms with Crippen LogP contribution >= 0.6 is 0 Å². The molecule has 228 valence electrons. The van der Waals surface area contributed by atoms with E-state index in [2.05, 4.69) is 9.97 Å². The van der Waals surface area contributed by atoms with E-state index in [4.69, 9.17) is 9.47 Å². The number of phenolic OH excluding ortho intramolecular Hbond substituents is 2. The van der Waals surface area contributed by atoms with Crippen molar-refractivity contribution in [1.29, 1.82) is 0 Å². The summed E-state index contributed by atoms with van der Waals surface area (Å²) in [7, 11) is 0. The number of pyridine rings is 2. The molecule has 6 aromatic rings. The molecular weight excluding hydrogens is 572 g/mol. The summed E-state index contributed by atoms with van der Waals surface area (Å²) >= 11 is 0. The molecule has 2 aromatic heterocycles. The molecule has 0 fully saturated rings. The van der Waals surface area contributed by atoms with Crippen LogP contribution in [0, 0.1) is 0 Å². The lowest BCUT2D eigenvalue weighted by molar-refractivity contribution is 0.295. The second-order valence-corrected chi connectivity index (χ2v) is 11.6. The largest absolute Gasteiger partial charge is 0.507 e. The van der Waals surface area contributed by atoms with Gasteiger partial charge < -0.3 is 19.7 Å². The Morgan fingerprint density at radius 2 is 0.739 bits per heavy atom. The minimum Gasteiger partial charge on any atom is -0.507 e. The predicted molar refractivity (Wildman–Crippen MR) is 177 cm³/mol. The van der Waals surface area contributed by atoms with Crippen LogP contribution in [0.4, 0.5) is 0 Å². The fourth-order valence-corrected chi connectivity index (χ4v) is 6.14. The second-order valence-electron chi connectivity index (χ2n) is 11.6. The highest BCUT2D eigenvalue weighted by atomic mass is 16.5. The number of hydrogen-bond donors (Lipinski definition) is 2. The van der Waals surface area contributed by atoms with E-state index in [-0.39, 0.29) is 11.5 Å². The number of nitrogens with zero attached hydrogens (tertiary/aromatic N) is 2. The third kappa shape index (κ3) is 6.28. The molecule has 0 atom stereocenters. The van der Waals surface area contributed by atoms with Gasteiger partial charge >= 0.3 is 0 Å². The van der Waals surface area contributed by atoms with Gasteiger partial charge in [-0.1, -0.05) is 84.9 Å². The Bertz CT molecular complexity index is 1750. The van der Waals surface area contributed by atoms with E-state index in [0.717, 1.165) is 67.4 Å². The van der Waals surface area contributed by atoms with E-state index in [0.29, 0.717) is 38.9 Å². The molecule has 2 heterocycles. The molecule has 0 amide bonds. The number of fused-ring (bicyclic) bond motifs is 8. The van der Waals surface area contributed by atoms with Crippen LogP contribution in [-0.4, -0.2) is 20.2 Å². The van der Waals surface area contributed by atoms with Gasteiger partial charge in [0.1, 0.15) is 36.2 Å². The van der Waals surface area contributed by atoms with Crippen molar-refractivity contribution >= 4 is 0 Å². The number of phenols is 2. The van der Waals surface area contributed by atoms with Gasteiger partial charge in [0.2, 0.25) is 0 Å². The van der Waals surface area contributed by atoms with Crippen LogP contribution in [0.5, 0.6) is 23.0 Å². The zero-order chi connectivity index (χ0) is 31.3. The lowest BCUT2D eigenvalue weighted by atomic mass is 9.91. The number of aromatic hydroxyl groups is 2. The molecule has 6 nitrogen and oxygen atoms in total. The maximum atomic E-state index is 11.6. The summed E-state index contributed by atoms with van der Waals surface area (Å²) in [4.78, 5) is 8.88. The first-order valence-electron chi connectivity index (χ1n) is 15.5. The summed E-state index contributed by atoms with van der Waals surface area (Å²) < 4.78 is 13.0. The molecule has 0 radical (unpaired) electrons. The summed E-state index contributed by atoms with van der Waals surface area (Å²) in [6.45, 7) is 0.609. The SMILES string of the molecule is Oc1c2cccc1Cc1cccc(c1OCc1ccccn1)Cc1cccc(c1O)Cc1cccc(c1OCc1ccccn1)C2. The van der Waals surface area contributed by atoms with Crippen molar-refractivity contribution < 1.29 is 19.7 Å². The van der Waals surface area contributed by atoms with E-state index in [1.165, 1.54) is 0 Å². The van der Waals surface area contributed by atoms with Crippen LogP contribution in [0.25, 0.3) is 0 Å². The average Bonchev–Trinajstić information content (AvgIpc) is 3.08. The highest BCUT2D eigenvalue weighted by molar-refractivity contribution is 5.55. The summed E-state index contributed by atoms with van der Waals surface area (Å²) in [6, 6.07) is 35.5. The molecule has 0 aliphatic heterocycles. The Morgan fingerprint density at radius 3 is 1.04 bits per heavy atom. The number of ether oxygens (including phenoxy) is 2. The van der Waals surface area contributed by atoms with Gasteiger partial charge in [-0.05, 0) is 68.8 Å². The Balaban J connectivity index is 1.34.